The van der Waals surface area contributed by atoms with Crippen molar-refractivity contribution in [3.05, 3.63) is 28.8 Å². The van der Waals surface area contributed by atoms with Crippen molar-refractivity contribution >= 4 is 29.1 Å². The molecule has 1 saturated carbocycles. The van der Waals surface area contributed by atoms with Crippen LogP contribution in [0.25, 0.3) is 0 Å². The maximum atomic E-state index is 12.6. The summed E-state index contributed by atoms with van der Waals surface area (Å²) >= 11 is 6.22. The first-order valence-electron chi connectivity index (χ1n) is 9.22. The van der Waals surface area contributed by atoms with Crippen molar-refractivity contribution in [2.75, 3.05) is 25.6 Å². The quantitative estimate of drug-likeness (QED) is 0.664. The molecule has 1 aliphatic heterocycles. The van der Waals surface area contributed by atoms with Crippen LogP contribution < -0.4 is 16.0 Å². The number of nitrogens with one attached hydrogen (secondary N) is 3. The standard InChI is InChI=1S/C19H26ClN3O3/c1-26-9-8-21-18(24)14-7-6-13(11-15(14)20)22-19(25)17-10-12-4-2-3-5-16(12)23-17/h6-7,11-12,16-17,23H,2-5,8-10H2,1H3,(H,21,24)(H,22,25). The van der Waals surface area contributed by atoms with E-state index in [1.165, 1.54) is 19.3 Å². The molecule has 1 aliphatic carbocycles. The average Bonchev–Trinajstić information content (AvgIpc) is 3.06. The summed E-state index contributed by atoms with van der Waals surface area (Å²) in [5, 5.41) is 9.42. The number of halogens is 1. The topological polar surface area (TPSA) is 79.5 Å². The van der Waals surface area contributed by atoms with E-state index in [0.29, 0.717) is 41.4 Å². The van der Waals surface area contributed by atoms with Gasteiger partial charge in [0.2, 0.25) is 5.91 Å². The Kier molecular flexibility index (Phi) is 6.51. The number of carbonyl (C=O) groups is 2. The van der Waals surface area contributed by atoms with Crippen LogP contribution in [0.2, 0.25) is 5.02 Å². The molecule has 3 N–H and O–H groups in total. The fraction of sp³-hybridized carbons (Fsp3) is 0.579. The van der Waals surface area contributed by atoms with E-state index < -0.39 is 0 Å². The highest BCUT2D eigenvalue weighted by molar-refractivity contribution is 6.34. The van der Waals surface area contributed by atoms with Crippen LogP contribution in [-0.4, -0.2) is 44.2 Å². The number of ether oxygens (including phenoxy) is 1. The van der Waals surface area contributed by atoms with Gasteiger partial charge in [0.05, 0.1) is 23.2 Å². The van der Waals surface area contributed by atoms with Crippen LogP contribution in [0.5, 0.6) is 0 Å². The molecule has 26 heavy (non-hydrogen) atoms. The van der Waals surface area contributed by atoms with Crippen LogP contribution in [0, 0.1) is 5.92 Å². The molecule has 6 nitrogen and oxygen atoms in total. The molecular weight excluding hydrogens is 354 g/mol. The zero-order chi connectivity index (χ0) is 18.5. The summed E-state index contributed by atoms with van der Waals surface area (Å²) in [5.74, 6) is 0.320. The fourth-order valence-corrected chi connectivity index (χ4v) is 4.16. The summed E-state index contributed by atoms with van der Waals surface area (Å²) in [6.07, 6.45) is 5.77. The molecule has 0 aromatic heterocycles. The number of anilines is 1. The third-order valence-corrected chi connectivity index (χ3v) is 5.56. The molecule has 7 heteroatoms. The Morgan fingerprint density at radius 2 is 2.12 bits per heavy atom. The Labute approximate surface area is 159 Å². The minimum absolute atomic E-state index is 0.0345. The number of hydrogen-bond donors (Lipinski definition) is 3. The molecule has 1 aromatic carbocycles. The van der Waals surface area contributed by atoms with Gasteiger partial charge in [0.1, 0.15) is 0 Å². The SMILES string of the molecule is COCCNC(=O)c1ccc(NC(=O)C2CC3CCCCC3N2)cc1Cl. The van der Waals surface area contributed by atoms with E-state index in [1.807, 2.05) is 0 Å². The van der Waals surface area contributed by atoms with E-state index in [4.69, 9.17) is 16.3 Å². The lowest BCUT2D eigenvalue weighted by atomic mass is 9.85. The zero-order valence-corrected chi connectivity index (χ0v) is 15.8. The number of amides is 2. The molecule has 3 unspecified atom stereocenters. The van der Waals surface area contributed by atoms with Gasteiger partial charge >= 0.3 is 0 Å². The van der Waals surface area contributed by atoms with Gasteiger partial charge in [-0.1, -0.05) is 24.4 Å². The van der Waals surface area contributed by atoms with Gasteiger partial charge in [-0.15, -0.1) is 0 Å². The molecule has 0 radical (unpaired) electrons. The number of fused-ring (bicyclic) bond motifs is 1. The van der Waals surface area contributed by atoms with Gasteiger partial charge in [0.25, 0.3) is 5.91 Å². The number of methoxy groups -OCH3 is 1. The van der Waals surface area contributed by atoms with Crippen LogP contribution >= 0.6 is 11.6 Å². The highest BCUT2D eigenvalue weighted by Crippen LogP contribution is 2.33. The molecule has 2 fully saturated rings. The van der Waals surface area contributed by atoms with Crippen molar-refractivity contribution in [1.82, 2.24) is 10.6 Å². The number of benzene rings is 1. The molecule has 2 amide bonds. The van der Waals surface area contributed by atoms with Crippen molar-refractivity contribution in [1.29, 1.82) is 0 Å². The summed E-state index contributed by atoms with van der Waals surface area (Å²) < 4.78 is 4.90. The van der Waals surface area contributed by atoms with E-state index in [-0.39, 0.29) is 17.9 Å². The molecule has 3 rings (SSSR count). The third-order valence-electron chi connectivity index (χ3n) is 5.25. The number of hydrogen-bond acceptors (Lipinski definition) is 4. The van der Waals surface area contributed by atoms with Gasteiger partial charge < -0.3 is 20.7 Å². The lowest BCUT2D eigenvalue weighted by Crippen LogP contribution is -2.39. The molecule has 142 valence electrons. The Morgan fingerprint density at radius 1 is 1.31 bits per heavy atom. The second kappa shape index (κ2) is 8.84. The number of rotatable bonds is 6. The smallest absolute Gasteiger partial charge is 0.252 e. The maximum Gasteiger partial charge on any atom is 0.252 e. The summed E-state index contributed by atoms with van der Waals surface area (Å²) in [6, 6.07) is 5.27. The van der Waals surface area contributed by atoms with E-state index in [2.05, 4.69) is 16.0 Å². The second-order valence-corrected chi connectivity index (χ2v) is 7.45. The second-order valence-electron chi connectivity index (χ2n) is 7.04. The van der Waals surface area contributed by atoms with E-state index in [9.17, 15) is 9.59 Å². The van der Waals surface area contributed by atoms with E-state index in [1.54, 1.807) is 25.3 Å². The minimum Gasteiger partial charge on any atom is -0.383 e. The van der Waals surface area contributed by atoms with Gasteiger partial charge in [0.15, 0.2) is 0 Å². The molecule has 1 heterocycles. The summed E-state index contributed by atoms with van der Waals surface area (Å²) in [5.41, 5.74) is 0.982. The van der Waals surface area contributed by atoms with Crippen molar-refractivity contribution in [2.24, 2.45) is 5.92 Å². The van der Waals surface area contributed by atoms with Crippen molar-refractivity contribution < 1.29 is 14.3 Å². The molecule has 1 aromatic rings. The van der Waals surface area contributed by atoms with Crippen LogP contribution in [-0.2, 0) is 9.53 Å². The predicted octanol–water partition coefficient (Wildman–Crippen LogP) is 2.58. The summed E-state index contributed by atoms with van der Waals surface area (Å²) in [7, 11) is 1.57. The Balaban J connectivity index is 1.57. The molecule has 0 bridgehead atoms. The zero-order valence-electron chi connectivity index (χ0n) is 15.0. The van der Waals surface area contributed by atoms with Gasteiger partial charge in [-0.2, -0.15) is 0 Å². The van der Waals surface area contributed by atoms with Gasteiger partial charge in [-0.05, 0) is 43.4 Å². The summed E-state index contributed by atoms with van der Waals surface area (Å²) in [4.78, 5) is 24.6. The molecule has 0 spiro atoms. The van der Waals surface area contributed by atoms with Gasteiger partial charge in [-0.25, -0.2) is 0 Å². The Hall–Kier alpha value is -1.63. The van der Waals surface area contributed by atoms with Crippen LogP contribution in [0.15, 0.2) is 18.2 Å². The monoisotopic (exact) mass is 379 g/mol. The molecule has 2 aliphatic rings. The van der Waals surface area contributed by atoms with Crippen molar-refractivity contribution in [3.63, 3.8) is 0 Å². The lowest BCUT2D eigenvalue weighted by Gasteiger charge is -2.24. The van der Waals surface area contributed by atoms with E-state index in [0.717, 1.165) is 12.8 Å². The molecule has 3 atom stereocenters. The number of carbonyl (C=O) groups excluding carboxylic acids is 2. The summed E-state index contributed by atoms with van der Waals surface area (Å²) in [6.45, 7) is 0.855. The van der Waals surface area contributed by atoms with E-state index >= 15 is 0 Å². The normalized spacial score (nSPS) is 24.8. The van der Waals surface area contributed by atoms with Gasteiger partial charge in [-0.3, -0.25) is 9.59 Å². The van der Waals surface area contributed by atoms with Crippen molar-refractivity contribution in [2.45, 2.75) is 44.2 Å². The Morgan fingerprint density at radius 3 is 2.85 bits per heavy atom. The van der Waals surface area contributed by atoms with Gasteiger partial charge in [0, 0.05) is 25.4 Å². The minimum atomic E-state index is -0.258. The molecular formula is C19H26ClN3O3. The van der Waals surface area contributed by atoms with Crippen molar-refractivity contribution in [3.8, 4) is 0 Å². The highest BCUT2D eigenvalue weighted by atomic mass is 35.5. The van der Waals surface area contributed by atoms with Crippen LogP contribution in [0.4, 0.5) is 5.69 Å². The molecule has 1 saturated heterocycles. The van der Waals surface area contributed by atoms with Crippen LogP contribution in [0.3, 0.4) is 0 Å². The average molecular weight is 380 g/mol. The lowest BCUT2D eigenvalue weighted by molar-refractivity contribution is -0.117. The fourth-order valence-electron chi connectivity index (χ4n) is 3.89. The highest BCUT2D eigenvalue weighted by Gasteiger charge is 2.38. The maximum absolute atomic E-state index is 12.6. The first-order chi connectivity index (χ1) is 12.6. The Bertz CT molecular complexity index is 653. The predicted molar refractivity (Wildman–Crippen MR) is 102 cm³/mol. The van der Waals surface area contributed by atoms with Crippen LogP contribution in [0.1, 0.15) is 42.5 Å². The first-order valence-corrected chi connectivity index (χ1v) is 9.60. The largest absolute Gasteiger partial charge is 0.383 e. The third kappa shape index (κ3) is 4.55. The first kappa shape index (κ1) is 19.1.